The number of ether oxygens (including phenoxy) is 1. The molecule has 0 radical (unpaired) electrons. The van der Waals surface area contributed by atoms with E-state index in [4.69, 9.17) is 9.84 Å². The van der Waals surface area contributed by atoms with Crippen LogP contribution in [0, 0.1) is 5.92 Å². The Morgan fingerprint density at radius 1 is 1.25 bits per heavy atom. The van der Waals surface area contributed by atoms with E-state index in [1.165, 1.54) is 25.7 Å². The topological polar surface area (TPSA) is 63.6 Å². The molecule has 0 aromatic carbocycles. The van der Waals surface area contributed by atoms with E-state index in [2.05, 4.69) is 6.58 Å². The highest BCUT2D eigenvalue weighted by Crippen LogP contribution is 2.27. The SMILES string of the molecule is C=CCCCCCCCC[C@H]1C[C@H](CC(=O)O)C(=O)O1. The first kappa shape index (κ1) is 16.7. The molecule has 1 rings (SSSR count). The van der Waals surface area contributed by atoms with Crippen LogP contribution < -0.4 is 0 Å². The van der Waals surface area contributed by atoms with Crippen molar-refractivity contribution in [2.45, 2.75) is 70.3 Å². The number of allylic oxidation sites excluding steroid dienone is 1. The second-order valence-corrected chi connectivity index (χ2v) is 5.58. The molecule has 0 aliphatic carbocycles. The van der Waals surface area contributed by atoms with E-state index in [-0.39, 0.29) is 18.5 Å². The first-order valence-corrected chi connectivity index (χ1v) is 7.66. The van der Waals surface area contributed by atoms with Crippen molar-refractivity contribution in [2.75, 3.05) is 0 Å². The molecule has 4 nitrogen and oxygen atoms in total. The number of carboxylic acids is 1. The van der Waals surface area contributed by atoms with Crippen molar-refractivity contribution in [1.29, 1.82) is 0 Å². The van der Waals surface area contributed by atoms with Gasteiger partial charge in [-0.15, -0.1) is 6.58 Å². The van der Waals surface area contributed by atoms with Gasteiger partial charge < -0.3 is 9.84 Å². The van der Waals surface area contributed by atoms with Gasteiger partial charge in [0.2, 0.25) is 0 Å². The van der Waals surface area contributed by atoms with Gasteiger partial charge in [0.25, 0.3) is 0 Å². The first-order chi connectivity index (χ1) is 9.63. The molecule has 1 aliphatic heterocycles. The van der Waals surface area contributed by atoms with Gasteiger partial charge >= 0.3 is 11.9 Å². The van der Waals surface area contributed by atoms with Crippen LogP contribution in [0.2, 0.25) is 0 Å². The van der Waals surface area contributed by atoms with Crippen molar-refractivity contribution in [1.82, 2.24) is 0 Å². The summed E-state index contributed by atoms with van der Waals surface area (Å²) in [5.41, 5.74) is 0. The van der Waals surface area contributed by atoms with Crippen LogP contribution in [0.4, 0.5) is 0 Å². The maximum absolute atomic E-state index is 11.5. The van der Waals surface area contributed by atoms with Crippen molar-refractivity contribution in [3.8, 4) is 0 Å². The molecule has 1 N–H and O–H groups in total. The fourth-order valence-electron chi connectivity index (χ4n) is 2.64. The average Bonchev–Trinajstić information content (AvgIpc) is 2.72. The van der Waals surface area contributed by atoms with Gasteiger partial charge in [-0.1, -0.05) is 31.8 Å². The zero-order chi connectivity index (χ0) is 14.8. The monoisotopic (exact) mass is 282 g/mol. The van der Waals surface area contributed by atoms with Crippen LogP contribution >= 0.6 is 0 Å². The second kappa shape index (κ2) is 9.56. The summed E-state index contributed by atoms with van der Waals surface area (Å²) in [6.07, 6.45) is 11.5. The van der Waals surface area contributed by atoms with E-state index in [1.807, 2.05) is 6.08 Å². The van der Waals surface area contributed by atoms with Gasteiger partial charge in [-0.25, -0.2) is 0 Å². The van der Waals surface area contributed by atoms with Crippen LogP contribution in [0.1, 0.15) is 64.2 Å². The van der Waals surface area contributed by atoms with Crippen molar-refractivity contribution < 1.29 is 19.4 Å². The molecule has 0 amide bonds. The largest absolute Gasteiger partial charge is 0.481 e. The summed E-state index contributed by atoms with van der Waals surface area (Å²) in [5, 5.41) is 8.70. The Kier molecular flexibility index (Phi) is 8.00. The second-order valence-electron chi connectivity index (χ2n) is 5.58. The third-order valence-electron chi connectivity index (χ3n) is 3.77. The number of carbonyl (C=O) groups excluding carboxylic acids is 1. The molecule has 0 spiro atoms. The van der Waals surface area contributed by atoms with E-state index in [0.717, 1.165) is 25.7 Å². The quantitative estimate of drug-likeness (QED) is 0.356. The molecule has 1 fully saturated rings. The van der Waals surface area contributed by atoms with Gasteiger partial charge in [0.15, 0.2) is 0 Å². The minimum absolute atomic E-state index is 0.0624. The first-order valence-electron chi connectivity index (χ1n) is 7.66. The Balaban J connectivity index is 2.01. The fourth-order valence-corrected chi connectivity index (χ4v) is 2.64. The van der Waals surface area contributed by atoms with Gasteiger partial charge in [-0.2, -0.15) is 0 Å². The molecule has 0 aromatic rings. The number of rotatable bonds is 11. The maximum Gasteiger partial charge on any atom is 0.309 e. The Bertz CT molecular complexity index is 324. The number of hydrogen-bond donors (Lipinski definition) is 1. The van der Waals surface area contributed by atoms with E-state index < -0.39 is 11.9 Å². The number of esters is 1. The number of cyclic esters (lactones) is 1. The molecule has 1 saturated heterocycles. The minimum Gasteiger partial charge on any atom is -0.481 e. The molecule has 20 heavy (non-hydrogen) atoms. The minimum atomic E-state index is -0.924. The summed E-state index contributed by atoms with van der Waals surface area (Å²) >= 11 is 0. The molecule has 1 aliphatic rings. The molecular weight excluding hydrogens is 256 g/mol. The van der Waals surface area contributed by atoms with Gasteiger partial charge in [-0.05, 0) is 32.1 Å². The number of carbonyl (C=O) groups is 2. The summed E-state index contributed by atoms with van der Waals surface area (Å²) in [6.45, 7) is 3.70. The number of unbranched alkanes of at least 4 members (excludes halogenated alkanes) is 6. The van der Waals surface area contributed by atoms with E-state index in [0.29, 0.717) is 6.42 Å². The Hall–Kier alpha value is -1.32. The lowest BCUT2D eigenvalue weighted by atomic mass is 9.98. The van der Waals surface area contributed by atoms with E-state index in [1.54, 1.807) is 0 Å². The lowest BCUT2D eigenvalue weighted by molar-refractivity contribution is -0.148. The van der Waals surface area contributed by atoms with Crippen LogP contribution in [0.5, 0.6) is 0 Å². The van der Waals surface area contributed by atoms with Gasteiger partial charge in [0.05, 0.1) is 12.3 Å². The lowest BCUT2D eigenvalue weighted by Gasteiger charge is -2.08. The average molecular weight is 282 g/mol. The summed E-state index contributed by atoms with van der Waals surface area (Å²) in [7, 11) is 0. The predicted molar refractivity (Wildman–Crippen MR) is 77.4 cm³/mol. The summed E-state index contributed by atoms with van der Waals surface area (Å²) < 4.78 is 5.22. The number of aliphatic carboxylic acids is 1. The summed E-state index contributed by atoms with van der Waals surface area (Å²) in [5.74, 6) is -1.69. The third-order valence-corrected chi connectivity index (χ3v) is 3.77. The van der Waals surface area contributed by atoms with Gasteiger partial charge in [-0.3, -0.25) is 9.59 Å². The van der Waals surface area contributed by atoms with Gasteiger partial charge in [0.1, 0.15) is 6.10 Å². The van der Waals surface area contributed by atoms with E-state index in [9.17, 15) is 9.59 Å². The van der Waals surface area contributed by atoms with Crippen molar-refractivity contribution >= 4 is 11.9 Å². The van der Waals surface area contributed by atoms with Crippen LogP contribution in [0.3, 0.4) is 0 Å². The standard InChI is InChI=1S/C16H26O4/c1-2-3-4-5-6-7-8-9-10-14-11-13(12-15(17)18)16(19)20-14/h2,13-14H,1,3-12H2,(H,17,18)/t13-,14+/m1/s1. The summed E-state index contributed by atoms with van der Waals surface area (Å²) in [6, 6.07) is 0. The van der Waals surface area contributed by atoms with Crippen LogP contribution in [-0.4, -0.2) is 23.1 Å². The molecule has 1 heterocycles. The van der Waals surface area contributed by atoms with Crippen LogP contribution in [0.15, 0.2) is 12.7 Å². The number of hydrogen-bond acceptors (Lipinski definition) is 3. The highest BCUT2D eigenvalue weighted by molar-refractivity contribution is 5.80. The maximum atomic E-state index is 11.5. The number of carboxylic acid groups (broad SMARTS) is 1. The highest BCUT2D eigenvalue weighted by atomic mass is 16.6. The molecule has 0 unspecified atom stereocenters. The highest BCUT2D eigenvalue weighted by Gasteiger charge is 2.35. The zero-order valence-corrected chi connectivity index (χ0v) is 12.2. The van der Waals surface area contributed by atoms with Crippen LogP contribution in [-0.2, 0) is 14.3 Å². The molecule has 0 saturated carbocycles. The predicted octanol–water partition coefficient (Wildman–Crippen LogP) is 3.70. The third kappa shape index (κ3) is 6.73. The van der Waals surface area contributed by atoms with Crippen molar-refractivity contribution in [3.05, 3.63) is 12.7 Å². The Morgan fingerprint density at radius 3 is 2.55 bits per heavy atom. The van der Waals surface area contributed by atoms with Crippen molar-refractivity contribution in [3.63, 3.8) is 0 Å². The smallest absolute Gasteiger partial charge is 0.309 e. The Morgan fingerprint density at radius 2 is 1.90 bits per heavy atom. The van der Waals surface area contributed by atoms with Gasteiger partial charge in [0, 0.05) is 0 Å². The molecular formula is C16H26O4. The van der Waals surface area contributed by atoms with E-state index >= 15 is 0 Å². The Labute approximate surface area is 121 Å². The zero-order valence-electron chi connectivity index (χ0n) is 12.2. The fraction of sp³-hybridized carbons (Fsp3) is 0.750. The lowest BCUT2D eigenvalue weighted by Crippen LogP contribution is -2.12. The summed E-state index contributed by atoms with van der Waals surface area (Å²) in [4.78, 5) is 22.1. The normalized spacial score (nSPS) is 21.7. The van der Waals surface area contributed by atoms with Crippen molar-refractivity contribution in [2.24, 2.45) is 5.92 Å². The molecule has 2 atom stereocenters. The molecule has 114 valence electrons. The van der Waals surface area contributed by atoms with Crippen LogP contribution in [0.25, 0.3) is 0 Å². The molecule has 0 bridgehead atoms. The molecule has 0 aromatic heterocycles. The molecule has 4 heteroatoms.